The van der Waals surface area contributed by atoms with E-state index in [1.54, 1.807) is 23.7 Å². The van der Waals surface area contributed by atoms with E-state index in [4.69, 9.17) is 4.99 Å². The lowest BCUT2D eigenvalue weighted by atomic mass is 10.2. The molecule has 2 heterocycles. The second-order valence-corrected chi connectivity index (χ2v) is 7.03. The maximum Gasteiger partial charge on any atom is 0.206 e. The molecule has 0 spiro atoms. The summed E-state index contributed by atoms with van der Waals surface area (Å²) in [6.45, 7) is 0.720. The third-order valence-corrected chi connectivity index (χ3v) is 5.09. The number of thiazole rings is 1. The molecule has 0 radical (unpaired) electrons. The Kier molecular flexibility index (Phi) is 5.85. The van der Waals surface area contributed by atoms with Crippen LogP contribution in [0, 0.1) is 0 Å². The average molecular weight is 385 g/mol. The Bertz CT molecular complexity index is 1100. The van der Waals surface area contributed by atoms with Crippen LogP contribution in [0.25, 0.3) is 11.3 Å². The third kappa shape index (κ3) is 4.50. The summed E-state index contributed by atoms with van der Waals surface area (Å²) in [6, 6.07) is 26.5. The van der Waals surface area contributed by atoms with Crippen molar-refractivity contribution in [2.45, 2.75) is 6.42 Å². The molecule has 2 aromatic carbocycles. The third-order valence-electron chi connectivity index (χ3n) is 4.24. The van der Waals surface area contributed by atoms with Gasteiger partial charge in [-0.1, -0.05) is 66.7 Å². The molecule has 0 aliphatic heterocycles. The smallest absolute Gasteiger partial charge is 0.206 e. The monoisotopic (exact) mass is 384 g/mol. The Morgan fingerprint density at radius 2 is 1.64 bits per heavy atom. The van der Waals surface area contributed by atoms with Crippen LogP contribution in [0.1, 0.15) is 11.3 Å². The Morgan fingerprint density at radius 1 is 0.893 bits per heavy atom. The number of nitrogens with zero attached hydrogens (tertiary/aromatic N) is 4. The first kappa shape index (κ1) is 18.1. The van der Waals surface area contributed by atoms with Crippen LogP contribution in [0.4, 0.5) is 0 Å². The van der Waals surface area contributed by atoms with E-state index in [1.165, 1.54) is 5.56 Å². The van der Waals surface area contributed by atoms with Crippen LogP contribution in [0.5, 0.6) is 0 Å². The van der Waals surface area contributed by atoms with Gasteiger partial charge in [-0.2, -0.15) is 5.10 Å². The molecule has 0 amide bonds. The predicted molar refractivity (Wildman–Crippen MR) is 116 cm³/mol. The molecule has 4 aromatic rings. The van der Waals surface area contributed by atoms with Crippen molar-refractivity contribution in [1.82, 2.24) is 9.66 Å². The fourth-order valence-corrected chi connectivity index (χ4v) is 3.69. The van der Waals surface area contributed by atoms with E-state index in [1.807, 2.05) is 47.1 Å². The molecular formula is C23H20N4S. The van der Waals surface area contributed by atoms with Crippen molar-refractivity contribution in [2.24, 2.45) is 10.1 Å². The van der Waals surface area contributed by atoms with Crippen molar-refractivity contribution in [3.63, 3.8) is 0 Å². The van der Waals surface area contributed by atoms with Crippen LogP contribution in [0.3, 0.4) is 0 Å². The van der Waals surface area contributed by atoms with Crippen molar-refractivity contribution in [2.75, 3.05) is 6.54 Å². The summed E-state index contributed by atoms with van der Waals surface area (Å²) in [4.78, 5) is 10.0. The second kappa shape index (κ2) is 9.06. The minimum Gasteiger partial charge on any atom is -0.257 e. The van der Waals surface area contributed by atoms with Crippen LogP contribution in [0.15, 0.2) is 101 Å². The highest BCUT2D eigenvalue weighted by Gasteiger charge is 2.07. The zero-order chi connectivity index (χ0) is 19.0. The fourth-order valence-electron chi connectivity index (χ4n) is 2.82. The zero-order valence-corrected chi connectivity index (χ0v) is 16.2. The molecule has 4 rings (SSSR count). The normalized spacial score (nSPS) is 11.9. The van der Waals surface area contributed by atoms with Gasteiger partial charge in [0.25, 0.3) is 0 Å². The topological polar surface area (TPSA) is 42.5 Å². The maximum absolute atomic E-state index is 4.81. The lowest BCUT2D eigenvalue weighted by molar-refractivity contribution is 0.816. The molecule has 4 nitrogen and oxygen atoms in total. The van der Waals surface area contributed by atoms with Crippen molar-refractivity contribution < 1.29 is 0 Å². The Balaban J connectivity index is 1.66. The summed E-state index contributed by atoms with van der Waals surface area (Å²) in [6.07, 6.45) is 4.45. The van der Waals surface area contributed by atoms with E-state index in [0.717, 1.165) is 34.7 Å². The van der Waals surface area contributed by atoms with Gasteiger partial charge < -0.3 is 0 Å². The molecule has 5 heteroatoms. The highest BCUT2D eigenvalue weighted by atomic mass is 32.1. The van der Waals surface area contributed by atoms with Crippen LogP contribution < -0.4 is 4.80 Å². The number of pyridine rings is 1. The van der Waals surface area contributed by atoms with Gasteiger partial charge in [0, 0.05) is 23.7 Å². The van der Waals surface area contributed by atoms with Crippen molar-refractivity contribution in [1.29, 1.82) is 0 Å². The first-order chi connectivity index (χ1) is 13.9. The zero-order valence-electron chi connectivity index (χ0n) is 15.3. The summed E-state index contributed by atoms with van der Waals surface area (Å²) in [5.74, 6) is 0. The minimum atomic E-state index is 0.720. The maximum atomic E-state index is 4.81. The Morgan fingerprint density at radius 3 is 2.39 bits per heavy atom. The average Bonchev–Trinajstić information content (AvgIpc) is 3.17. The molecule has 0 saturated carbocycles. The van der Waals surface area contributed by atoms with Gasteiger partial charge in [-0.3, -0.25) is 9.98 Å². The fraction of sp³-hybridized carbons (Fsp3) is 0.0870. The van der Waals surface area contributed by atoms with Gasteiger partial charge >= 0.3 is 0 Å². The molecule has 0 atom stereocenters. The van der Waals surface area contributed by atoms with Crippen LogP contribution in [0.2, 0.25) is 0 Å². The van der Waals surface area contributed by atoms with Gasteiger partial charge in [0.1, 0.15) is 0 Å². The van der Waals surface area contributed by atoms with Gasteiger partial charge in [-0.25, -0.2) is 4.68 Å². The second-order valence-electron chi connectivity index (χ2n) is 6.20. The highest BCUT2D eigenvalue weighted by molar-refractivity contribution is 7.07. The van der Waals surface area contributed by atoms with Gasteiger partial charge in [0.15, 0.2) is 0 Å². The summed E-state index contributed by atoms with van der Waals surface area (Å²) in [7, 11) is 0. The van der Waals surface area contributed by atoms with Crippen molar-refractivity contribution in [3.8, 4) is 11.3 Å². The Labute approximate surface area is 168 Å². The molecule has 0 N–H and O–H groups in total. The Hall–Kier alpha value is -3.31. The van der Waals surface area contributed by atoms with Gasteiger partial charge in [0.05, 0.1) is 17.6 Å². The lowest BCUT2D eigenvalue weighted by Crippen LogP contribution is -2.13. The summed E-state index contributed by atoms with van der Waals surface area (Å²) >= 11 is 1.60. The van der Waals surface area contributed by atoms with E-state index in [0.29, 0.717) is 0 Å². The molecule has 0 fully saturated rings. The van der Waals surface area contributed by atoms with Crippen molar-refractivity contribution >= 4 is 17.6 Å². The van der Waals surface area contributed by atoms with E-state index in [9.17, 15) is 0 Å². The predicted octanol–water partition coefficient (Wildman–Crippen LogP) is 4.64. The number of hydrogen-bond acceptors (Lipinski definition) is 4. The number of benzene rings is 2. The van der Waals surface area contributed by atoms with Gasteiger partial charge in [-0.05, 0) is 24.1 Å². The highest BCUT2D eigenvalue weighted by Crippen LogP contribution is 2.19. The molecule has 138 valence electrons. The van der Waals surface area contributed by atoms with E-state index < -0.39 is 0 Å². The SMILES string of the molecule is C(=N/n1c(-c2ccccc2)csc1=NCCc1ccccc1)/c1ccccn1. The summed E-state index contributed by atoms with van der Waals surface area (Å²) in [5, 5.41) is 6.79. The van der Waals surface area contributed by atoms with E-state index in [-0.39, 0.29) is 0 Å². The molecule has 0 saturated heterocycles. The largest absolute Gasteiger partial charge is 0.257 e. The van der Waals surface area contributed by atoms with Gasteiger partial charge in [-0.15, -0.1) is 11.3 Å². The van der Waals surface area contributed by atoms with Gasteiger partial charge in [0.2, 0.25) is 4.80 Å². The first-order valence-electron chi connectivity index (χ1n) is 9.16. The number of rotatable bonds is 6. The molecule has 0 aliphatic carbocycles. The standard InChI is InChI=1S/C23H20N4S/c1-3-9-19(10-4-1)14-16-25-23-27(26-17-21-13-7-8-15-24-21)22(18-28-23)20-11-5-2-6-12-20/h1-13,15,17-18H,14,16H2/b25-23?,26-17-. The molecule has 0 bridgehead atoms. The molecule has 0 unspecified atom stereocenters. The summed E-state index contributed by atoms with van der Waals surface area (Å²) in [5.41, 5.74) is 4.24. The molecule has 2 aromatic heterocycles. The quantitative estimate of drug-likeness (QED) is 0.447. The minimum absolute atomic E-state index is 0.720. The van der Waals surface area contributed by atoms with E-state index >= 15 is 0 Å². The molecule has 0 aliphatic rings. The summed E-state index contributed by atoms with van der Waals surface area (Å²) < 4.78 is 1.90. The van der Waals surface area contributed by atoms with Crippen LogP contribution >= 0.6 is 11.3 Å². The number of aromatic nitrogens is 2. The van der Waals surface area contributed by atoms with Crippen LogP contribution in [-0.2, 0) is 6.42 Å². The van der Waals surface area contributed by atoms with E-state index in [2.05, 4.69) is 51.9 Å². The van der Waals surface area contributed by atoms with Crippen molar-refractivity contribution in [3.05, 3.63) is 106 Å². The lowest BCUT2D eigenvalue weighted by Gasteiger charge is -2.03. The van der Waals surface area contributed by atoms with Crippen LogP contribution in [-0.4, -0.2) is 22.4 Å². The first-order valence-corrected chi connectivity index (χ1v) is 10.0. The molecule has 28 heavy (non-hydrogen) atoms. The number of hydrogen-bond donors (Lipinski definition) is 0. The molecular weight excluding hydrogens is 364 g/mol.